The number of aliphatic carboxylic acids is 1. The van der Waals surface area contributed by atoms with Crippen molar-refractivity contribution in [1.82, 2.24) is 9.88 Å². The molecule has 0 radical (unpaired) electrons. The minimum Gasteiger partial charge on any atom is -0.479 e. The Morgan fingerprint density at radius 2 is 2.00 bits per heavy atom. The van der Waals surface area contributed by atoms with Crippen molar-refractivity contribution in [3.63, 3.8) is 0 Å². The van der Waals surface area contributed by atoms with Crippen LogP contribution in [0.25, 0.3) is 10.9 Å². The maximum atomic E-state index is 11.7. The van der Waals surface area contributed by atoms with Gasteiger partial charge in [0.1, 0.15) is 0 Å². The Morgan fingerprint density at radius 3 is 2.60 bits per heavy atom. The smallest absolute Gasteiger partial charge is 0.331 e. The van der Waals surface area contributed by atoms with Crippen molar-refractivity contribution in [2.75, 3.05) is 6.54 Å². The van der Waals surface area contributed by atoms with E-state index >= 15 is 0 Å². The van der Waals surface area contributed by atoms with Crippen LogP contribution < -0.4 is 0 Å². The van der Waals surface area contributed by atoms with E-state index in [1.165, 1.54) is 11.8 Å². The molecule has 1 unspecified atom stereocenters. The number of carboxylic acids is 1. The number of carboxylic acid groups (broad SMARTS) is 1. The summed E-state index contributed by atoms with van der Waals surface area (Å²) in [5.41, 5.74) is 1.15. The largest absolute Gasteiger partial charge is 0.479 e. The van der Waals surface area contributed by atoms with E-state index in [-0.39, 0.29) is 5.91 Å². The Kier molecular flexibility index (Phi) is 3.98. The van der Waals surface area contributed by atoms with Gasteiger partial charge in [-0.1, -0.05) is 24.3 Å². The molecule has 1 atom stereocenters. The van der Waals surface area contributed by atoms with Gasteiger partial charge in [0.25, 0.3) is 0 Å². The number of aromatic nitrogens is 1. The zero-order valence-electron chi connectivity index (χ0n) is 11.4. The Balaban J connectivity index is 2.63. The van der Waals surface area contributed by atoms with Gasteiger partial charge < -0.3 is 10.0 Å². The molecule has 2 rings (SSSR count). The number of likely N-dealkylation sites (N-methyl/N-ethyl adjacent to an activating group) is 1. The van der Waals surface area contributed by atoms with E-state index in [1.54, 1.807) is 31.3 Å². The minimum atomic E-state index is -1.06. The van der Waals surface area contributed by atoms with Gasteiger partial charge in [-0.15, -0.1) is 0 Å². The summed E-state index contributed by atoms with van der Waals surface area (Å²) in [5.74, 6) is -1.33. The van der Waals surface area contributed by atoms with Gasteiger partial charge in [0, 0.05) is 30.6 Å². The molecule has 0 spiro atoms. The first-order valence-electron chi connectivity index (χ1n) is 6.40. The molecule has 0 fully saturated rings. The number of para-hydroxylation sites is 1. The van der Waals surface area contributed by atoms with E-state index in [4.69, 9.17) is 0 Å². The summed E-state index contributed by atoms with van der Waals surface area (Å²) in [6.45, 7) is 3.46. The zero-order valence-corrected chi connectivity index (χ0v) is 11.4. The fourth-order valence-electron chi connectivity index (χ4n) is 2.37. The fraction of sp³-hybridized carbons (Fsp3) is 0.267. The predicted octanol–water partition coefficient (Wildman–Crippen LogP) is 2.23. The fourth-order valence-corrected chi connectivity index (χ4v) is 2.37. The molecule has 104 valence electrons. The normalized spacial score (nSPS) is 12.1. The van der Waals surface area contributed by atoms with Crippen LogP contribution in [0.1, 0.15) is 25.5 Å². The minimum absolute atomic E-state index is 0.271. The van der Waals surface area contributed by atoms with Crippen LogP contribution in [0, 0.1) is 0 Å². The number of benzene rings is 1. The number of fused-ring (bicyclic) bond motifs is 1. The molecule has 5 heteroatoms. The highest BCUT2D eigenvalue weighted by Crippen LogP contribution is 2.27. The van der Waals surface area contributed by atoms with Gasteiger partial charge in [0.15, 0.2) is 6.04 Å². The first-order valence-corrected chi connectivity index (χ1v) is 6.40. The van der Waals surface area contributed by atoms with Crippen LogP contribution in [0.3, 0.4) is 0 Å². The lowest BCUT2D eigenvalue weighted by Gasteiger charge is -2.27. The summed E-state index contributed by atoms with van der Waals surface area (Å²) in [4.78, 5) is 28.9. The average Bonchev–Trinajstić information content (AvgIpc) is 2.43. The number of pyridine rings is 1. The van der Waals surface area contributed by atoms with Crippen LogP contribution in [-0.2, 0) is 9.59 Å². The van der Waals surface area contributed by atoms with Crippen LogP contribution in [-0.4, -0.2) is 33.4 Å². The summed E-state index contributed by atoms with van der Waals surface area (Å²) >= 11 is 0. The van der Waals surface area contributed by atoms with Crippen LogP contribution >= 0.6 is 0 Å². The number of nitrogens with zero attached hydrogens (tertiary/aromatic N) is 2. The molecule has 2 aromatic rings. The van der Waals surface area contributed by atoms with Crippen molar-refractivity contribution in [3.8, 4) is 0 Å². The quantitative estimate of drug-likeness (QED) is 0.926. The zero-order chi connectivity index (χ0) is 14.7. The van der Waals surface area contributed by atoms with Crippen molar-refractivity contribution >= 4 is 22.8 Å². The SMILES string of the molecule is CCN(C(C)=O)C(C(=O)O)c1cccc2cccnc12. The third-order valence-electron chi connectivity index (χ3n) is 3.25. The standard InChI is InChI=1S/C15H16N2O3/c1-3-17(10(2)18)14(15(19)20)12-8-4-6-11-7-5-9-16-13(11)12/h4-9,14H,3H2,1-2H3,(H,19,20). The van der Waals surface area contributed by atoms with Gasteiger partial charge in [-0.2, -0.15) is 0 Å². The molecule has 1 aromatic heterocycles. The van der Waals surface area contributed by atoms with Crippen molar-refractivity contribution in [2.45, 2.75) is 19.9 Å². The number of carbonyl (C=O) groups is 2. The highest BCUT2D eigenvalue weighted by Gasteiger charge is 2.30. The van der Waals surface area contributed by atoms with E-state index in [1.807, 2.05) is 12.1 Å². The summed E-state index contributed by atoms with van der Waals surface area (Å²) in [6.07, 6.45) is 1.62. The highest BCUT2D eigenvalue weighted by molar-refractivity contribution is 5.90. The number of hydrogen-bond acceptors (Lipinski definition) is 3. The first kappa shape index (κ1) is 14.0. The second-order valence-corrected chi connectivity index (χ2v) is 4.47. The van der Waals surface area contributed by atoms with Gasteiger partial charge in [0.05, 0.1) is 5.52 Å². The summed E-state index contributed by atoms with van der Waals surface area (Å²) in [5, 5.41) is 10.4. The van der Waals surface area contributed by atoms with E-state index in [9.17, 15) is 14.7 Å². The van der Waals surface area contributed by atoms with Crippen molar-refractivity contribution in [1.29, 1.82) is 0 Å². The molecule has 20 heavy (non-hydrogen) atoms. The summed E-state index contributed by atoms with van der Waals surface area (Å²) < 4.78 is 0. The third-order valence-corrected chi connectivity index (χ3v) is 3.25. The van der Waals surface area contributed by atoms with Crippen molar-refractivity contribution < 1.29 is 14.7 Å². The van der Waals surface area contributed by atoms with E-state index in [0.717, 1.165) is 5.39 Å². The molecule has 1 amide bonds. The van der Waals surface area contributed by atoms with Crippen LogP contribution in [0.4, 0.5) is 0 Å². The number of amides is 1. The Bertz CT molecular complexity index is 649. The van der Waals surface area contributed by atoms with Gasteiger partial charge in [-0.3, -0.25) is 9.78 Å². The Hall–Kier alpha value is -2.43. The molecule has 1 N–H and O–H groups in total. The van der Waals surface area contributed by atoms with Crippen LogP contribution in [0.5, 0.6) is 0 Å². The maximum Gasteiger partial charge on any atom is 0.331 e. The number of rotatable bonds is 4. The molecule has 0 aliphatic rings. The molecule has 0 aliphatic carbocycles. The van der Waals surface area contributed by atoms with Crippen molar-refractivity contribution in [2.24, 2.45) is 0 Å². The molecular formula is C15H16N2O3. The first-order chi connectivity index (χ1) is 9.56. The molecule has 0 aliphatic heterocycles. The van der Waals surface area contributed by atoms with Gasteiger partial charge in [0.2, 0.25) is 5.91 Å². The topological polar surface area (TPSA) is 70.5 Å². The molecule has 1 heterocycles. The van der Waals surface area contributed by atoms with Gasteiger partial charge in [-0.05, 0) is 13.0 Å². The maximum absolute atomic E-state index is 11.7. The third kappa shape index (κ3) is 2.47. The number of hydrogen-bond donors (Lipinski definition) is 1. The van der Waals surface area contributed by atoms with Gasteiger partial charge >= 0.3 is 5.97 Å². The Labute approximate surface area is 116 Å². The molecule has 0 saturated carbocycles. The van der Waals surface area contributed by atoms with E-state index < -0.39 is 12.0 Å². The highest BCUT2D eigenvalue weighted by atomic mass is 16.4. The van der Waals surface area contributed by atoms with Crippen LogP contribution in [0.2, 0.25) is 0 Å². The van der Waals surface area contributed by atoms with Crippen molar-refractivity contribution in [3.05, 3.63) is 42.1 Å². The summed E-state index contributed by atoms with van der Waals surface area (Å²) in [6, 6.07) is 8.01. The van der Waals surface area contributed by atoms with E-state index in [0.29, 0.717) is 17.6 Å². The molecule has 0 saturated heterocycles. The molecule has 0 bridgehead atoms. The molecule has 5 nitrogen and oxygen atoms in total. The number of carbonyl (C=O) groups excluding carboxylic acids is 1. The monoisotopic (exact) mass is 272 g/mol. The second kappa shape index (κ2) is 5.69. The predicted molar refractivity (Wildman–Crippen MR) is 75.2 cm³/mol. The summed E-state index contributed by atoms with van der Waals surface area (Å²) in [7, 11) is 0. The Morgan fingerprint density at radius 1 is 1.30 bits per heavy atom. The molecule has 1 aromatic carbocycles. The lowest BCUT2D eigenvalue weighted by molar-refractivity contribution is -0.149. The average molecular weight is 272 g/mol. The lowest BCUT2D eigenvalue weighted by atomic mass is 10.0. The second-order valence-electron chi connectivity index (χ2n) is 4.47. The van der Waals surface area contributed by atoms with Gasteiger partial charge in [-0.25, -0.2) is 4.79 Å². The molecular weight excluding hydrogens is 256 g/mol. The van der Waals surface area contributed by atoms with Crippen LogP contribution in [0.15, 0.2) is 36.5 Å². The lowest BCUT2D eigenvalue weighted by Crippen LogP contribution is -2.37. The van der Waals surface area contributed by atoms with E-state index in [2.05, 4.69) is 4.98 Å².